The first-order valence-electron chi connectivity index (χ1n) is 22.9. The minimum atomic E-state index is 0.292. The van der Waals surface area contributed by atoms with Crippen LogP contribution in [0.3, 0.4) is 0 Å². The fourth-order valence-corrected chi connectivity index (χ4v) is 9.13. The van der Waals surface area contributed by atoms with Crippen molar-refractivity contribution in [3.8, 4) is 97.4 Å². The van der Waals surface area contributed by atoms with Crippen LogP contribution in [-0.4, -0.2) is 23.9 Å². The van der Waals surface area contributed by atoms with E-state index in [-0.39, 0.29) is 0 Å². The van der Waals surface area contributed by atoms with Gasteiger partial charge in [-0.2, -0.15) is 0 Å². The van der Waals surface area contributed by atoms with Crippen LogP contribution < -0.4 is 14.2 Å². The van der Waals surface area contributed by atoms with E-state index in [0.717, 1.165) is 112 Å². The van der Waals surface area contributed by atoms with Gasteiger partial charge in [-0.1, -0.05) is 115 Å². The fraction of sp³-hybridized carbons (Fsp3) is 0.351. The molecule has 5 nitrogen and oxygen atoms in total. The molecule has 0 radical (unpaired) electrons. The van der Waals surface area contributed by atoms with Gasteiger partial charge in [-0.15, -0.1) is 17.8 Å². The third-order valence-electron chi connectivity index (χ3n) is 11.6. The van der Waals surface area contributed by atoms with E-state index < -0.39 is 0 Å². The molecule has 63 heavy (non-hydrogen) atoms. The van der Waals surface area contributed by atoms with Crippen molar-refractivity contribution in [1.29, 1.82) is 0 Å². The van der Waals surface area contributed by atoms with E-state index in [0.29, 0.717) is 29.8 Å². The normalized spacial score (nSPS) is 11.2. The molecule has 6 aromatic rings. The summed E-state index contributed by atoms with van der Waals surface area (Å²) in [6, 6.07) is 29.9. The van der Waals surface area contributed by atoms with Crippen molar-refractivity contribution in [3.05, 3.63) is 107 Å². The van der Waals surface area contributed by atoms with Crippen molar-refractivity contribution >= 4 is 23.1 Å². The van der Waals surface area contributed by atoms with Gasteiger partial charge in [0.25, 0.3) is 0 Å². The van der Waals surface area contributed by atoms with Crippen LogP contribution in [0.1, 0.15) is 131 Å². The van der Waals surface area contributed by atoms with Crippen LogP contribution in [0, 0.1) is 43.1 Å². The maximum atomic E-state index is 12.1. The molecule has 3 aromatic carbocycles. The van der Waals surface area contributed by atoms with Crippen LogP contribution in [0.4, 0.5) is 0 Å². The van der Waals surface area contributed by atoms with Crippen molar-refractivity contribution in [2.24, 2.45) is 0 Å². The Labute approximate surface area is 380 Å². The van der Waals surface area contributed by atoms with Gasteiger partial charge in [-0.3, -0.25) is 4.79 Å². The lowest BCUT2D eigenvalue weighted by Crippen LogP contribution is -2.01. The highest BCUT2D eigenvalue weighted by atomic mass is 32.1. The van der Waals surface area contributed by atoms with Crippen LogP contribution in [0.25, 0.3) is 49.5 Å². The summed E-state index contributed by atoms with van der Waals surface area (Å²) < 4.78 is 21.1. The summed E-state index contributed by atoms with van der Waals surface area (Å²) in [6.07, 6.45) is 24.6. The summed E-state index contributed by atoms with van der Waals surface area (Å²) in [7, 11) is 0. The Morgan fingerprint density at radius 2 is 1.41 bits per heavy atom. The SMILES string of the molecule is C#CC#CC#COc1cc(C)ccc1-c1ccn2c(-c3ccc(C=O)s3)c(-c3ccc(-c4ccc(OCCCCCC)cc4OCCCCCC)cc3)c(C(CC)CCCC)c2c1. The zero-order chi connectivity index (χ0) is 44.4. The molecule has 0 bridgehead atoms. The van der Waals surface area contributed by atoms with Gasteiger partial charge in [0, 0.05) is 40.8 Å². The van der Waals surface area contributed by atoms with Crippen LogP contribution in [-0.2, 0) is 0 Å². The lowest BCUT2D eigenvalue weighted by molar-refractivity contribution is 0.112. The first-order chi connectivity index (χ1) is 30.9. The minimum absolute atomic E-state index is 0.292. The average molecular weight is 856 g/mol. The highest BCUT2D eigenvalue weighted by Crippen LogP contribution is 2.48. The zero-order valence-corrected chi connectivity index (χ0v) is 38.6. The Balaban J connectivity index is 1.49. The molecule has 6 heteroatoms. The number of aldehydes is 1. The monoisotopic (exact) mass is 855 g/mol. The molecule has 0 aliphatic carbocycles. The molecule has 3 aromatic heterocycles. The molecule has 0 amide bonds. The summed E-state index contributed by atoms with van der Waals surface area (Å²) in [5.74, 6) is 12.8. The lowest BCUT2D eigenvalue weighted by atomic mass is 9.85. The molecular formula is C57H61NO4S. The number of pyridine rings is 1. The number of unbranched alkanes of at least 4 members (excludes halogenated alkanes) is 7. The molecule has 3 heterocycles. The Morgan fingerprint density at radius 3 is 2.11 bits per heavy atom. The average Bonchev–Trinajstić information content (AvgIpc) is 3.92. The highest BCUT2D eigenvalue weighted by molar-refractivity contribution is 7.17. The van der Waals surface area contributed by atoms with Crippen LogP contribution >= 0.6 is 11.3 Å². The molecular weight excluding hydrogens is 795 g/mol. The molecule has 0 aliphatic heterocycles. The van der Waals surface area contributed by atoms with Gasteiger partial charge in [0.05, 0.1) is 34.2 Å². The quantitative estimate of drug-likeness (QED) is 0.0366. The molecule has 0 saturated heterocycles. The van der Waals surface area contributed by atoms with E-state index in [9.17, 15) is 4.79 Å². The van der Waals surface area contributed by atoms with E-state index in [1.807, 2.05) is 19.1 Å². The number of hydrogen-bond acceptors (Lipinski definition) is 5. The first kappa shape index (κ1) is 46.4. The first-order valence-corrected chi connectivity index (χ1v) is 23.7. The molecule has 0 aliphatic rings. The Morgan fingerprint density at radius 1 is 0.698 bits per heavy atom. The fourth-order valence-electron chi connectivity index (χ4n) is 8.26. The smallest absolute Gasteiger partial charge is 0.160 e. The van der Waals surface area contributed by atoms with Crippen molar-refractivity contribution in [2.45, 2.75) is 118 Å². The number of aromatic nitrogens is 1. The Kier molecular flexibility index (Phi) is 17.6. The largest absolute Gasteiger partial charge is 0.493 e. The van der Waals surface area contributed by atoms with Crippen LogP contribution in [0.15, 0.2) is 91.1 Å². The van der Waals surface area contributed by atoms with Gasteiger partial charge in [0.1, 0.15) is 23.4 Å². The van der Waals surface area contributed by atoms with Crippen LogP contribution in [0.5, 0.6) is 17.2 Å². The molecule has 0 saturated carbocycles. The number of thiophene rings is 1. The van der Waals surface area contributed by atoms with Gasteiger partial charge >= 0.3 is 0 Å². The van der Waals surface area contributed by atoms with Crippen molar-refractivity contribution < 1.29 is 19.0 Å². The summed E-state index contributed by atoms with van der Waals surface area (Å²) in [4.78, 5) is 13.8. The van der Waals surface area contributed by atoms with Gasteiger partial charge in [-0.25, -0.2) is 0 Å². The predicted octanol–water partition coefficient (Wildman–Crippen LogP) is 15.4. The summed E-state index contributed by atoms with van der Waals surface area (Å²) >= 11 is 1.53. The molecule has 0 spiro atoms. The number of aryl methyl sites for hydroxylation is 1. The second-order valence-electron chi connectivity index (χ2n) is 16.2. The standard InChI is InChI=1S/C57H61NO4S/c1-7-12-16-19-35-60-47-28-31-49(53(40-47)62-37-21-18-14-9-3)44-24-26-45(27-25-44)56-55(43(11-5)22-15-10-4)51-39-46(33-34-58(51)57(56)54-32-29-48(41-59)63-54)50-30-23-42(6)38-52(50)61-36-20-17-13-8-2/h2,23-34,38-41,43H,7,9-12,14-16,18-19,21-22,35,37H2,1,3-6H3. The molecule has 1 atom stereocenters. The minimum Gasteiger partial charge on any atom is -0.493 e. The topological polar surface area (TPSA) is 49.2 Å². The van der Waals surface area contributed by atoms with E-state index in [1.54, 1.807) is 0 Å². The van der Waals surface area contributed by atoms with E-state index in [4.69, 9.17) is 20.6 Å². The van der Waals surface area contributed by atoms with E-state index >= 15 is 0 Å². The van der Waals surface area contributed by atoms with Gasteiger partial charge in [-0.05, 0) is 121 Å². The van der Waals surface area contributed by atoms with Gasteiger partial charge in [0.15, 0.2) is 6.29 Å². The number of nitrogens with zero attached hydrogens (tertiary/aromatic N) is 1. The number of benzene rings is 3. The van der Waals surface area contributed by atoms with Crippen LogP contribution in [0.2, 0.25) is 0 Å². The number of terminal acetylenes is 1. The molecule has 0 N–H and O–H groups in total. The van der Waals surface area contributed by atoms with E-state index in [1.165, 1.54) is 54.6 Å². The van der Waals surface area contributed by atoms with Crippen molar-refractivity contribution in [3.63, 3.8) is 0 Å². The number of ether oxygens (including phenoxy) is 3. The summed E-state index contributed by atoms with van der Waals surface area (Å²) in [5, 5.41) is 0. The predicted molar refractivity (Wildman–Crippen MR) is 264 cm³/mol. The molecule has 324 valence electrons. The number of carbonyl (C=O) groups is 1. The Bertz CT molecular complexity index is 2620. The molecule has 6 rings (SSSR count). The van der Waals surface area contributed by atoms with Gasteiger partial charge in [0.2, 0.25) is 0 Å². The zero-order valence-electron chi connectivity index (χ0n) is 37.8. The molecule has 0 fully saturated rings. The number of rotatable bonds is 23. The number of carbonyl (C=O) groups excluding carboxylic acids is 1. The van der Waals surface area contributed by atoms with Crippen molar-refractivity contribution in [1.82, 2.24) is 4.40 Å². The molecule has 1 unspecified atom stereocenters. The summed E-state index contributed by atoms with van der Waals surface area (Å²) in [5.41, 5.74) is 11.0. The summed E-state index contributed by atoms with van der Waals surface area (Å²) in [6.45, 7) is 12.4. The maximum absolute atomic E-state index is 12.1. The third-order valence-corrected chi connectivity index (χ3v) is 12.6. The number of fused-ring (bicyclic) bond motifs is 1. The second-order valence-corrected chi connectivity index (χ2v) is 17.3. The second kappa shape index (κ2) is 23.9. The van der Waals surface area contributed by atoms with Gasteiger partial charge < -0.3 is 18.6 Å². The van der Waals surface area contributed by atoms with Crippen molar-refractivity contribution in [2.75, 3.05) is 13.2 Å². The maximum Gasteiger partial charge on any atom is 0.160 e. The third kappa shape index (κ3) is 11.9. The lowest BCUT2D eigenvalue weighted by Gasteiger charge is -2.18. The highest BCUT2D eigenvalue weighted by Gasteiger charge is 2.27. The Hall–Kier alpha value is -6.13. The van der Waals surface area contributed by atoms with E-state index in [2.05, 4.69) is 141 Å². The number of hydrogen-bond donors (Lipinski definition) is 0.